The molecule has 0 bridgehead atoms. The molecule has 0 aromatic carbocycles. The fourth-order valence-electron chi connectivity index (χ4n) is 3.36. The lowest BCUT2D eigenvalue weighted by Crippen LogP contribution is -2.04. The zero-order valence-electron chi connectivity index (χ0n) is 21.6. The van der Waals surface area contributed by atoms with Gasteiger partial charge in [0.1, 0.15) is 5.75 Å². The number of nitrogens with zero attached hydrogens (tertiary/aromatic N) is 1. The van der Waals surface area contributed by atoms with Crippen molar-refractivity contribution in [3.05, 3.63) is 82.8 Å². The zero-order chi connectivity index (χ0) is 24.5. The van der Waals surface area contributed by atoms with E-state index in [4.69, 9.17) is 4.74 Å². The Bertz CT molecular complexity index is 866. The van der Waals surface area contributed by atoms with Gasteiger partial charge in [0, 0.05) is 18.5 Å². The van der Waals surface area contributed by atoms with Crippen molar-refractivity contribution in [3.8, 4) is 5.75 Å². The lowest BCUT2D eigenvalue weighted by molar-refractivity contribution is -0.129. The Morgan fingerprint density at radius 3 is 1.58 bits per heavy atom. The van der Waals surface area contributed by atoms with E-state index in [-0.39, 0.29) is 5.97 Å². The standard InChI is InChI=1S/C30H43NO2/c1-24(2)11-7-12-25(3)13-8-14-26(4)15-9-16-27(5)17-10-18-28(6)23-30(32)33-29-19-21-31-22-20-29/h11,13,15,17,19-23H,7-10,12,14,16,18H2,1-6H3. The van der Waals surface area contributed by atoms with Gasteiger partial charge < -0.3 is 4.74 Å². The molecule has 0 fully saturated rings. The van der Waals surface area contributed by atoms with E-state index in [9.17, 15) is 4.79 Å². The van der Waals surface area contributed by atoms with Crippen LogP contribution in [0, 0.1) is 0 Å². The molecule has 1 aromatic rings. The average molecular weight is 450 g/mol. The summed E-state index contributed by atoms with van der Waals surface area (Å²) in [5.41, 5.74) is 6.80. The third-order valence-corrected chi connectivity index (χ3v) is 5.42. The summed E-state index contributed by atoms with van der Waals surface area (Å²) in [7, 11) is 0. The summed E-state index contributed by atoms with van der Waals surface area (Å²) >= 11 is 0. The average Bonchev–Trinajstić information content (AvgIpc) is 2.74. The molecule has 3 nitrogen and oxygen atoms in total. The van der Waals surface area contributed by atoms with Gasteiger partial charge in [-0.3, -0.25) is 4.98 Å². The van der Waals surface area contributed by atoms with Gasteiger partial charge in [0.15, 0.2) is 0 Å². The topological polar surface area (TPSA) is 39.2 Å². The molecule has 1 aromatic heterocycles. The summed E-state index contributed by atoms with van der Waals surface area (Å²) in [4.78, 5) is 15.9. The van der Waals surface area contributed by atoms with E-state index in [1.807, 2.05) is 6.92 Å². The minimum Gasteiger partial charge on any atom is -0.423 e. The highest BCUT2D eigenvalue weighted by molar-refractivity contribution is 5.84. The van der Waals surface area contributed by atoms with E-state index in [0.717, 1.165) is 50.5 Å². The largest absolute Gasteiger partial charge is 0.423 e. The lowest BCUT2D eigenvalue weighted by atomic mass is 10.0. The smallest absolute Gasteiger partial charge is 0.336 e. The van der Waals surface area contributed by atoms with E-state index >= 15 is 0 Å². The predicted octanol–water partition coefficient (Wildman–Crippen LogP) is 8.86. The van der Waals surface area contributed by atoms with Gasteiger partial charge in [0.25, 0.3) is 0 Å². The summed E-state index contributed by atoms with van der Waals surface area (Å²) in [5.74, 6) is 0.182. The van der Waals surface area contributed by atoms with Crippen molar-refractivity contribution < 1.29 is 9.53 Å². The van der Waals surface area contributed by atoms with Gasteiger partial charge in [0.05, 0.1) is 0 Å². The monoisotopic (exact) mass is 449 g/mol. The number of esters is 1. The highest BCUT2D eigenvalue weighted by Crippen LogP contribution is 2.15. The summed E-state index contributed by atoms with van der Waals surface area (Å²) in [6.45, 7) is 13.0. The van der Waals surface area contributed by atoms with Gasteiger partial charge in [-0.15, -0.1) is 0 Å². The Morgan fingerprint density at radius 1 is 0.697 bits per heavy atom. The van der Waals surface area contributed by atoms with Crippen LogP contribution in [0.15, 0.2) is 82.8 Å². The van der Waals surface area contributed by atoms with Crippen molar-refractivity contribution in [2.45, 2.75) is 92.9 Å². The molecule has 0 aliphatic carbocycles. The normalized spacial score (nSPS) is 13.2. The number of rotatable bonds is 14. The Balaban J connectivity index is 2.27. The highest BCUT2D eigenvalue weighted by Gasteiger charge is 2.02. The number of hydrogen-bond donors (Lipinski definition) is 0. The van der Waals surface area contributed by atoms with Crippen molar-refractivity contribution in [3.63, 3.8) is 0 Å². The SMILES string of the molecule is CC(C)=CCCC(C)=CCCC(C)=CCCC(C)=CCCC(C)=CC(=O)Oc1ccncc1. The van der Waals surface area contributed by atoms with Crippen molar-refractivity contribution in [2.75, 3.05) is 0 Å². The molecule has 1 heterocycles. The predicted molar refractivity (Wildman–Crippen MR) is 141 cm³/mol. The van der Waals surface area contributed by atoms with E-state index in [0.29, 0.717) is 5.75 Å². The van der Waals surface area contributed by atoms with Crippen LogP contribution in [0.3, 0.4) is 0 Å². The van der Waals surface area contributed by atoms with Gasteiger partial charge >= 0.3 is 5.97 Å². The van der Waals surface area contributed by atoms with Gasteiger partial charge in [-0.1, -0.05) is 52.2 Å². The van der Waals surface area contributed by atoms with E-state index < -0.39 is 0 Å². The quantitative estimate of drug-likeness (QED) is 0.162. The fourth-order valence-corrected chi connectivity index (χ4v) is 3.36. The molecule has 1 rings (SSSR count). The number of pyridine rings is 1. The molecule has 0 aliphatic rings. The molecule has 0 amide bonds. The highest BCUT2D eigenvalue weighted by atomic mass is 16.5. The molecule has 0 unspecified atom stereocenters. The molecule has 180 valence electrons. The molecule has 0 spiro atoms. The first kappa shape index (κ1) is 28.4. The molecule has 0 radical (unpaired) electrons. The number of ether oxygens (including phenoxy) is 1. The third-order valence-electron chi connectivity index (χ3n) is 5.42. The summed E-state index contributed by atoms with van der Waals surface area (Å²) < 4.78 is 5.27. The van der Waals surface area contributed by atoms with Crippen molar-refractivity contribution in [1.82, 2.24) is 4.98 Å². The number of allylic oxidation sites excluding steroid dienone is 9. The van der Waals surface area contributed by atoms with Crippen LogP contribution >= 0.6 is 0 Å². The summed E-state index contributed by atoms with van der Waals surface area (Å²) in [5, 5.41) is 0. The third kappa shape index (κ3) is 15.7. The van der Waals surface area contributed by atoms with E-state index in [1.54, 1.807) is 30.6 Å². The number of carbonyl (C=O) groups is 1. The Morgan fingerprint density at radius 2 is 1.12 bits per heavy atom. The Hall–Kier alpha value is -2.68. The number of hydrogen-bond acceptors (Lipinski definition) is 3. The van der Waals surface area contributed by atoms with Gasteiger partial charge in [-0.05, 0) is 105 Å². The van der Waals surface area contributed by atoms with Crippen LogP contribution in [0.25, 0.3) is 0 Å². The molecule has 3 heteroatoms. The second-order valence-electron chi connectivity index (χ2n) is 9.18. The van der Waals surface area contributed by atoms with Crippen LogP contribution in [0.2, 0.25) is 0 Å². The fraction of sp³-hybridized carbons (Fsp3) is 0.467. The molecule has 0 atom stereocenters. The van der Waals surface area contributed by atoms with Crippen molar-refractivity contribution >= 4 is 5.97 Å². The summed E-state index contributed by atoms with van der Waals surface area (Å²) in [6.07, 6.45) is 22.7. The van der Waals surface area contributed by atoms with Crippen LogP contribution in [0.4, 0.5) is 0 Å². The van der Waals surface area contributed by atoms with Gasteiger partial charge in [-0.25, -0.2) is 4.79 Å². The van der Waals surface area contributed by atoms with Gasteiger partial charge in [-0.2, -0.15) is 0 Å². The number of aromatic nitrogens is 1. The minimum absolute atomic E-state index is 0.335. The van der Waals surface area contributed by atoms with Crippen molar-refractivity contribution in [2.24, 2.45) is 0 Å². The second kappa shape index (κ2) is 16.9. The molecular weight excluding hydrogens is 406 g/mol. The maximum Gasteiger partial charge on any atom is 0.336 e. The first-order valence-corrected chi connectivity index (χ1v) is 12.2. The van der Waals surface area contributed by atoms with Gasteiger partial charge in [0.2, 0.25) is 0 Å². The van der Waals surface area contributed by atoms with Crippen molar-refractivity contribution in [1.29, 1.82) is 0 Å². The maximum atomic E-state index is 12.0. The lowest BCUT2D eigenvalue weighted by Gasteiger charge is -2.04. The van der Waals surface area contributed by atoms with E-state index in [1.165, 1.54) is 28.7 Å². The number of carbonyl (C=O) groups excluding carboxylic acids is 1. The van der Waals surface area contributed by atoms with Crippen LogP contribution in [-0.2, 0) is 4.79 Å². The molecule has 0 N–H and O–H groups in total. The molecule has 33 heavy (non-hydrogen) atoms. The van der Waals surface area contributed by atoms with E-state index in [2.05, 4.69) is 63.9 Å². The Labute approximate surface area is 202 Å². The maximum absolute atomic E-state index is 12.0. The summed E-state index contributed by atoms with van der Waals surface area (Å²) in [6, 6.07) is 3.35. The molecule has 0 saturated heterocycles. The first-order chi connectivity index (χ1) is 15.8. The minimum atomic E-state index is -0.335. The first-order valence-electron chi connectivity index (χ1n) is 12.2. The zero-order valence-corrected chi connectivity index (χ0v) is 21.6. The molecule has 0 aliphatic heterocycles. The Kier molecular flexibility index (Phi) is 14.5. The molecular formula is C30H43NO2. The van der Waals surface area contributed by atoms with Crippen LogP contribution < -0.4 is 4.74 Å². The van der Waals surface area contributed by atoms with Crippen LogP contribution in [-0.4, -0.2) is 11.0 Å². The van der Waals surface area contributed by atoms with Crippen LogP contribution in [0.1, 0.15) is 92.9 Å². The molecule has 0 saturated carbocycles. The second-order valence-corrected chi connectivity index (χ2v) is 9.18. The van der Waals surface area contributed by atoms with Crippen LogP contribution in [0.5, 0.6) is 5.75 Å².